The fourth-order valence-corrected chi connectivity index (χ4v) is 3.87. The van der Waals surface area contributed by atoms with Gasteiger partial charge in [-0.15, -0.1) is 6.58 Å². The van der Waals surface area contributed by atoms with Crippen molar-refractivity contribution < 1.29 is 17.6 Å². The molecule has 1 heterocycles. The Balaban J connectivity index is 1.84. The molecule has 0 spiro atoms. The average Bonchev–Trinajstić information content (AvgIpc) is 3.15. The van der Waals surface area contributed by atoms with Crippen LogP contribution in [-0.4, -0.2) is 32.8 Å². The van der Waals surface area contributed by atoms with Crippen molar-refractivity contribution in [3.8, 4) is 0 Å². The maximum atomic E-state index is 12.9. The first-order valence-electron chi connectivity index (χ1n) is 8.80. The lowest BCUT2D eigenvalue weighted by Gasteiger charge is -2.23. The van der Waals surface area contributed by atoms with Crippen LogP contribution in [0.4, 0.5) is 0 Å². The van der Waals surface area contributed by atoms with Gasteiger partial charge in [-0.1, -0.05) is 30.3 Å². The van der Waals surface area contributed by atoms with Gasteiger partial charge in [0.15, 0.2) is 0 Å². The Morgan fingerprint density at radius 1 is 1.21 bits per heavy atom. The largest absolute Gasteiger partial charge is 0.459 e. The van der Waals surface area contributed by atoms with E-state index in [-0.39, 0.29) is 29.0 Å². The fourth-order valence-electron chi connectivity index (χ4n) is 2.83. The van der Waals surface area contributed by atoms with Crippen LogP contribution in [0.3, 0.4) is 0 Å². The molecular weight excluding hydrogens is 376 g/mol. The van der Waals surface area contributed by atoms with Gasteiger partial charge >= 0.3 is 0 Å². The van der Waals surface area contributed by atoms with E-state index in [4.69, 9.17) is 4.42 Å². The van der Waals surface area contributed by atoms with Gasteiger partial charge in [0.25, 0.3) is 5.91 Å². The zero-order valence-corrected chi connectivity index (χ0v) is 16.6. The van der Waals surface area contributed by atoms with Crippen molar-refractivity contribution in [2.75, 3.05) is 13.6 Å². The summed E-state index contributed by atoms with van der Waals surface area (Å²) in [5.41, 5.74) is 1.04. The Kier molecular flexibility index (Phi) is 5.67. The first kappa shape index (κ1) is 19.9. The van der Waals surface area contributed by atoms with Gasteiger partial charge in [0.2, 0.25) is 10.0 Å². The van der Waals surface area contributed by atoms with Gasteiger partial charge in [0, 0.05) is 24.5 Å². The zero-order valence-electron chi connectivity index (χ0n) is 15.8. The second-order valence-corrected chi connectivity index (χ2v) is 8.21. The second kappa shape index (κ2) is 8.00. The number of sulfonamides is 1. The summed E-state index contributed by atoms with van der Waals surface area (Å²) < 4.78 is 32.8. The molecule has 1 amide bonds. The summed E-state index contributed by atoms with van der Waals surface area (Å²) in [7, 11) is -2.04. The molecule has 1 aromatic heterocycles. The lowest BCUT2D eigenvalue weighted by molar-refractivity contribution is 0.0727. The molecule has 2 aromatic carbocycles. The van der Waals surface area contributed by atoms with Crippen molar-refractivity contribution >= 4 is 26.9 Å². The summed E-state index contributed by atoms with van der Waals surface area (Å²) in [5.74, 6) is 0.363. The summed E-state index contributed by atoms with van der Waals surface area (Å²) in [4.78, 5) is 14.5. The smallest absolute Gasteiger partial charge is 0.254 e. The molecule has 6 nitrogen and oxygen atoms in total. The molecule has 0 aliphatic carbocycles. The monoisotopic (exact) mass is 398 g/mol. The number of carbonyl (C=O) groups is 1. The molecule has 146 valence electrons. The number of furan rings is 1. The van der Waals surface area contributed by atoms with E-state index in [1.165, 1.54) is 23.1 Å². The van der Waals surface area contributed by atoms with Gasteiger partial charge in [-0.3, -0.25) is 4.79 Å². The van der Waals surface area contributed by atoms with Gasteiger partial charge in [-0.25, -0.2) is 13.1 Å². The van der Waals surface area contributed by atoms with Crippen LogP contribution in [0.15, 0.2) is 76.6 Å². The molecule has 1 N–H and O–H groups in total. The first-order valence-corrected chi connectivity index (χ1v) is 10.3. The lowest BCUT2D eigenvalue weighted by Crippen LogP contribution is -2.30. The molecule has 0 radical (unpaired) electrons. The quantitative estimate of drug-likeness (QED) is 0.615. The Bertz CT molecular complexity index is 1090. The van der Waals surface area contributed by atoms with E-state index in [9.17, 15) is 13.2 Å². The Morgan fingerprint density at radius 3 is 2.68 bits per heavy atom. The normalized spacial score (nSPS) is 12.6. The van der Waals surface area contributed by atoms with Crippen LogP contribution in [0.1, 0.15) is 29.1 Å². The van der Waals surface area contributed by atoms with E-state index in [1.807, 2.05) is 37.3 Å². The number of para-hydroxylation sites is 1. The second-order valence-electron chi connectivity index (χ2n) is 6.45. The van der Waals surface area contributed by atoms with Crippen molar-refractivity contribution in [2.24, 2.45) is 0 Å². The molecule has 0 bridgehead atoms. The molecule has 0 saturated heterocycles. The van der Waals surface area contributed by atoms with E-state index in [0.29, 0.717) is 5.76 Å². The number of fused-ring (bicyclic) bond motifs is 1. The number of amides is 1. The molecule has 28 heavy (non-hydrogen) atoms. The molecule has 1 unspecified atom stereocenters. The van der Waals surface area contributed by atoms with Crippen molar-refractivity contribution in [1.82, 2.24) is 9.62 Å². The average molecular weight is 398 g/mol. The number of carbonyl (C=O) groups excluding carboxylic acids is 1. The van der Waals surface area contributed by atoms with E-state index < -0.39 is 10.0 Å². The van der Waals surface area contributed by atoms with Gasteiger partial charge in [0.1, 0.15) is 11.3 Å². The maximum Gasteiger partial charge on any atom is 0.254 e. The number of benzene rings is 2. The maximum absolute atomic E-state index is 12.9. The predicted octanol–water partition coefficient (Wildman–Crippen LogP) is 3.73. The van der Waals surface area contributed by atoms with Crippen molar-refractivity contribution in [2.45, 2.75) is 17.9 Å². The molecule has 3 aromatic rings. The highest BCUT2D eigenvalue weighted by atomic mass is 32.2. The molecule has 0 fully saturated rings. The lowest BCUT2D eigenvalue weighted by atomic mass is 10.1. The van der Waals surface area contributed by atoms with Crippen molar-refractivity contribution in [3.63, 3.8) is 0 Å². The molecule has 0 saturated carbocycles. The van der Waals surface area contributed by atoms with Crippen LogP contribution in [0.25, 0.3) is 11.0 Å². The third kappa shape index (κ3) is 4.00. The summed E-state index contributed by atoms with van der Waals surface area (Å²) >= 11 is 0. The minimum absolute atomic E-state index is 0.0324. The van der Waals surface area contributed by atoms with E-state index in [2.05, 4.69) is 11.3 Å². The number of rotatable bonds is 7. The van der Waals surface area contributed by atoms with E-state index in [0.717, 1.165) is 11.0 Å². The summed E-state index contributed by atoms with van der Waals surface area (Å²) in [6.45, 7) is 5.47. The first-order chi connectivity index (χ1) is 13.3. The highest BCUT2D eigenvalue weighted by Gasteiger charge is 2.23. The van der Waals surface area contributed by atoms with E-state index in [1.54, 1.807) is 19.2 Å². The predicted molar refractivity (Wildman–Crippen MR) is 109 cm³/mol. The molecule has 0 aliphatic rings. The molecule has 0 aliphatic heterocycles. The van der Waals surface area contributed by atoms with Crippen LogP contribution in [0.5, 0.6) is 0 Å². The van der Waals surface area contributed by atoms with Gasteiger partial charge in [0.05, 0.1) is 10.9 Å². The van der Waals surface area contributed by atoms with Crippen LogP contribution >= 0.6 is 0 Å². The third-order valence-electron chi connectivity index (χ3n) is 4.57. The standard InChI is InChI=1S/C21H22N2O4S/c1-4-12-22-28(25,26)18-10-7-9-17(13-18)21(24)23(3)15(2)20-14-16-8-5-6-11-19(16)27-20/h4-11,13-15,22H,1,12H2,2-3H3. The van der Waals surface area contributed by atoms with Crippen LogP contribution < -0.4 is 4.72 Å². The summed E-state index contributed by atoms with van der Waals surface area (Å²) in [6.07, 6.45) is 1.45. The van der Waals surface area contributed by atoms with Crippen molar-refractivity contribution in [1.29, 1.82) is 0 Å². The van der Waals surface area contributed by atoms with Gasteiger partial charge in [-0.05, 0) is 37.3 Å². The minimum atomic E-state index is -3.70. The van der Waals surface area contributed by atoms with Crippen LogP contribution in [0.2, 0.25) is 0 Å². The summed E-state index contributed by atoms with van der Waals surface area (Å²) in [6, 6.07) is 15.2. The minimum Gasteiger partial charge on any atom is -0.459 e. The highest BCUT2D eigenvalue weighted by Crippen LogP contribution is 2.27. The number of nitrogens with one attached hydrogen (secondary N) is 1. The van der Waals surface area contributed by atoms with Gasteiger partial charge < -0.3 is 9.32 Å². The van der Waals surface area contributed by atoms with E-state index >= 15 is 0 Å². The highest BCUT2D eigenvalue weighted by molar-refractivity contribution is 7.89. The molecule has 3 rings (SSSR count). The molecule has 7 heteroatoms. The Hall–Kier alpha value is -2.90. The Morgan fingerprint density at radius 2 is 1.96 bits per heavy atom. The van der Waals surface area contributed by atoms with Gasteiger partial charge in [-0.2, -0.15) is 0 Å². The summed E-state index contributed by atoms with van der Waals surface area (Å²) in [5, 5.41) is 0.964. The number of hydrogen-bond acceptors (Lipinski definition) is 4. The number of nitrogens with zero attached hydrogens (tertiary/aromatic N) is 1. The van der Waals surface area contributed by atoms with Crippen LogP contribution in [-0.2, 0) is 10.0 Å². The third-order valence-corrected chi connectivity index (χ3v) is 5.99. The zero-order chi connectivity index (χ0) is 20.3. The molecule has 1 atom stereocenters. The molecular formula is C21H22N2O4S. The van der Waals surface area contributed by atoms with Crippen molar-refractivity contribution in [3.05, 3.63) is 78.6 Å². The topological polar surface area (TPSA) is 79.6 Å². The fraction of sp³-hybridized carbons (Fsp3) is 0.190. The Labute approximate surface area is 164 Å². The van der Waals surface area contributed by atoms with Crippen LogP contribution in [0, 0.1) is 0 Å². The number of hydrogen-bond donors (Lipinski definition) is 1. The SMILES string of the molecule is C=CCNS(=O)(=O)c1cccc(C(=O)N(C)C(C)c2cc3ccccc3o2)c1.